The molecule has 15 heteroatoms. The molecule has 4 aliphatic rings. The Hall–Kier alpha value is -4.44. The number of ether oxygens (including phenoxy) is 9. The molecule has 0 aliphatic carbocycles. The van der Waals surface area contributed by atoms with Crippen molar-refractivity contribution >= 4 is 24.2 Å². The van der Waals surface area contributed by atoms with E-state index < -0.39 is 102 Å². The first-order chi connectivity index (χ1) is 28.8. The number of likely N-dealkylation sites (N-methyl/N-ethyl adjacent to an activating group) is 1. The number of hydrogen-bond acceptors (Lipinski definition) is 15. The Labute approximate surface area is 358 Å². The topological polar surface area (TPSA) is 175 Å². The number of carbonyl (C=O) groups is 4. The van der Waals surface area contributed by atoms with Crippen molar-refractivity contribution in [3.63, 3.8) is 0 Å². The highest BCUT2D eigenvalue weighted by Gasteiger charge is 2.61. The Kier molecular flexibility index (Phi) is 14.0. The zero-order chi connectivity index (χ0) is 44.6. The molecule has 2 bridgehead atoms. The summed E-state index contributed by atoms with van der Waals surface area (Å²) < 4.78 is 54.7. The van der Waals surface area contributed by atoms with Gasteiger partial charge in [0.15, 0.2) is 18.0 Å². The van der Waals surface area contributed by atoms with Crippen molar-refractivity contribution in [1.29, 1.82) is 0 Å². The fourth-order valence-electron chi connectivity index (χ4n) is 9.98. The molecule has 2 aromatic carbocycles. The number of nitrogens with zero attached hydrogens (tertiary/aromatic N) is 1. The number of hydrogen-bond donors (Lipinski definition) is 1. The van der Waals surface area contributed by atoms with Crippen LogP contribution in [-0.2, 0) is 53.9 Å². The van der Waals surface area contributed by atoms with Gasteiger partial charge in [-0.3, -0.25) is 9.59 Å². The maximum atomic E-state index is 14.5. The fourth-order valence-corrected chi connectivity index (χ4v) is 9.98. The second-order valence-corrected chi connectivity index (χ2v) is 18.0. The zero-order valence-electron chi connectivity index (χ0n) is 37.2. The number of methoxy groups -OCH3 is 1. The summed E-state index contributed by atoms with van der Waals surface area (Å²) >= 11 is 0. The van der Waals surface area contributed by atoms with E-state index in [0.717, 1.165) is 16.9 Å². The number of fused-ring (bicyclic) bond motifs is 4. The largest absolute Gasteiger partial charge is 0.509 e. The van der Waals surface area contributed by atoms with Crippen molar-refractivity contribution in [3.8, 4) is 16.9 Å². The average Bonchev–Trinajstić information content (AvgIpc) is 3.47. The molecule has 2 aromatic rings. The predicted octanol–water partition coefficient (Wildman–Crippen LogP) is 6.49. The van der Waals surface area contributed by atoms with E-state index in [1.165, 1.54) is 0 Å². The van der Waals surface area contributed by atoms with Crippen molar-refractivity contribution in [1.82, 2.24) is 4.90 Å². The quantitative estimate of drug-likeness (QED) is 0.214. The van der Waals surface area contributed by atoms with Crippen molar-refractivity contribution in [2.24, 2.45) is 23.7 Å². The molecule has 4 aliphatic heterocycles. The summed E-state index contributed by atoms with van der Waals surface area (Å²) in [7, 11) is 5.33. The van der Waals surface area contributed by atoms with Crippen molar-refractivity contribution in [2.45, 2.75) is 147 Å². The Morgan fingerprint density at radius 3 is 2.10 bits per heavy atom. The maximum Gasteiger partial charge on any atom is 0.509 e. The Balaban J connectivity index is 1.40. The van der Waals surface area contributed by atoms with Crippen molar-refractivity contribution in [3.05, 3.63) is 54.1 Å². The van der Waals surface area contributed by atoms with E-state index in [2.05, 4.69) is 0 Å². The minimum absolute atomic E-state index is 0.132. The minimum atomic E-state index is -1.50. The fraction of sp³-hybridized carbons (Fsp3) is 0.652. The average molecular weight is 854 g/mol. The monoisotopic (exact) mass is 853 g/mol. The van der Waals surface area contributed by atoms with Gasteiger partial charge in [0.05, 0.1) is 25.6 Å². The molecular formula is C46H63NO14. The number of benzene rings is 2. The number of aliphatic hydroxyl groups excluding tert-OH is 1. The summed E-state index contributed by atoms with van der Waals surface area (Å²) in [6.07, 6.45) is -9.01. The molecule has 4 heterocycles. The molecule has 15 atom stereocenters. The minimum Gasteiger partial charge on any atom is -0.497 e. The highest BCUT2D eigenvalue weighted by molar-refractivity contribution is 5.76. The lowest BCUT2D eigenvalue weighted by Crippen LogP contribution is -2.60. The lowest BCUT2D eigenvalue weighted by molar-refractivity contribution is -0.298. The molecule has 1 unspecified atom stereocenters. The van der Waals surface area contributed by atoms with E-state index in [4.69, 9.17) is 42.6 Å². The maximum absolute atomic E-state index is 14.5. The molecule has 1 N–H and O–H groups in total. The molecule has 0 saturated carbocycles. The summed E-state index contributed by atoms with van der Waals surface area (Å²) in [5.74, 6) is -3.71. The summed E-state index contributed by atoms with van der Waals surface area (Å²) in [5.41, 5.74) is -0.393. The van der Waals surface area contributed by atoms with E-state index in [1.54, 1.807) is 48.7 Å². The molecule has 0 spiro atoms. The van der Waals surface area contributed by atoms with Gasteiger partial charge in [0, 0.05) is 17.9 Å². The molecular weight excluding hydrogens is 790 g/mol. The van der Waals surface area contributed by atoms with Crippen LogP contribution in [0.5, 0.6) is 5.75 Å². The van der Waals surface area contributed by atoms with Gasteiger partial charge in [0.2, 0.25) is 0 Å². The normalized spacial score (nSPS) is 38.1. The zero-order valence-corrected chi connectivity index (χ0v) is 37.2. The smallest absolute Gasteiger partial charge is 0.497 e. The second kappa shape index (κ2) is 18.5. The third-order valence-electron chi connectivity index (χ3n) is 13.2. The van der Waals surface area contributed by atoms with Crippen LogP contribution in [0.25, 0.3) is 11.1 Å². The number of aliphatic hydroxyl groups is 1. The second-order valence-electron chi connectivity index (χ2n) is 18.0. The molecule has 4 saturated heterocycles. The van der Waals surface area contributed by atoms with Gasteiger partial charge in [-0.15, -0.1) is 0 Å². The van der Waals surface area contributed by atoms with Gasteiger partial charge in [0.25, 0.3) is 0 Å². The highest BCUT2D eigenvalue weighted by Crippen LogP contribution is 2.46. The van der Waals surface area contributed by atoms with Crippen molar-refractivity contribution < 1.29 is 66.9 Å². The summed E-state index contributed by atoms with van der Waals surface area (Å²) in [6, 6.07) is 14.8. The van der Waals surface area contributed by atoms with E-state index in [9.17, 15) is 24.3 Å². The Morgan fingerprint density at radius 1 is 0.869 bits per heavy atom. The molecule has 6 rings (SSSR count). The van der Waals surface area contributed by atoms with Gasteiger partial charge in [0.1, 0.15) is 41.9 Å². The van der Waals surface area contributed by atoms with Crippen LogP contribution in [0.4, 0.5) is 9.59 Å². The lowest BCUT2D eigenvalue weighted by Gasteiger charge is -2.47. The standard InChI is InChI=1S/C46H63NO14/c1-12-34-46(8)40(59-44(52)61-46)26(4)37-24(2)23-45(7,60-43(51)57-37)39(58-42-36(49)33(47(9)10)21-25(3)54-42)27(5)38(28(6)41(50)55-34)56-35(48)22-29-13-15-30(16-14-29)31-17-19-32(53-11)20-18-31/h13-20,24-28,33-34,36-40,42,49H,12,21-23H2,1-11H3/t24-,25+,26+,27+,28-,33-,34-,36+,37?,38+,39-,40-,42-,45-,46-/m1/s1. The van der Waals surface area contributed by atoms with E-state index in [1.807, 2.05) is 81.4 Å². The Morgan fingerprint density at radius 2 is 1.49 bits per heavy atom. The number of cyclic esters (lactones) is 1. The first kappa shape index (κ1) is 46.1. The molecule has 4 fully saturated rings. The van der Waals surface area contributed by atoms with Crippen LogP contribution in [0.3, 0.4) is 0 Å². The first-order valence-electron chi connectivity index (χ1n) is 21.4. The summed E-state index contributed by atoms with van der Waals surface area (Å²) in [5, 5.41) is 11.7. The van der Waals surface area contributed by atoms with Crippen LogP contribution in [0, 0.1) is 23.7 Å². The van der Waals surface area contributed by atoms with Gasteiger partial charge in [-0.2, -0.15) is 0 Å². The lowest BCUT2D eigenvalue weighted by atomic mass is 9.73. The first-order valence-corrected chi connectivity index (χ1v) is 21.4. The van der Waals surface area contributed by atoms with Crippen LogP contribution in [0.1, 0.15) is 80.2 Å². The van der Waals surface area contributed by atoms with Gasteiger partial charge in [-0.25, -0.2) is 9.59 Å². The molecule has 0 radical (unpaired) electrons. The van der Waals surface area contributed by atoms with Crippen LogP contribution < -0.4 is 4.74 Å². The third-order valence-corrected chi connectivity index (χ3v) is 13.2. The van der Waals surface area contributed by atoms with Crippen LogP contribution in [0.2, 0.25) is 0 Å². The Bertz CT molecular complexity index is 1870. The SMILES string of the molecule is CC[C@H]1OC(=O)[C@H](C)[C@@H](OC(=O)Cc2ccc(-c3ccc(OC)cc3)cc2)[C@H](C)[C@@H](O[C@H]2O[C@@H](C)C[C@@H](N(C)C)[C@@H]2O)[C@@]2(C)C[C@@H](C)C(OC(=O)O2)[C@H](C)[C@H]2OC(=O)O[C@@]21C. The molecule has 0 amide bonds. The molecule has 0 aromatic heterocycles. The summed E-state index contributed by atoms with van der Waals surface area (Å²) in [6.45, 7) is 14.1. The van der Waals surface area contributed by atoms with Crippen LogP contribution in [-0.4, -0.2) is 122 Å². The predicted molar refractivity (Wildman–Crippen MR) is 220 cm³/mol. The van der Waals surface area contributed by atoms with E-state index >= 15 is 0 Å². The number of esters is 2. The van der Waals surface area contributed by atoms with Gasteiger partial charge in [-0.1, -0.05) is 64.1 Å². The van der Waals surface area contributed by atoms with E-state index in [-0.39, 0.29) is 31.4 Å². The summed E-state index contributed by atoms with van der Waals surface area (Å²) in [4.78, 5) is 57.2. The van der Waals surface area contributed by atoms with Gasteiger partial charge in [-0.05, 0) is 95.8 Å². The van der Waals surface area contributed by atoms with E-state index in [0.29, 0.717) is 12.0 Å². The van der Waals surface area contributed by atoms with Crippen molar-refractivity contribution in [2.75, 3.05) is 21.2 Å². The van der Waals surface area contributed by atoms with Crippen LogP contribution in [0.15, 0.2) is 48.5 Å². The van der Waals surface area contributed by atoms with Gasteiger partial charge >= 0.3 is 24.2 Å². The molecule has 61 heavy (non-hydrogen) atoms. The molecule has 336 valence electrons. The highest BCUT2D eigenvalue weighted by atomic mass is 16.8. The van der Waals surface area contributed by atoms with Gasteiger partial charge < -0.3 is 52.6 Å². The number of carbonyl (C=O) groups excluding carboxylic acids is 4. The molecule has 15 nitrogen and oxygen atoms in total. The third kappa shape index (κ3) is 9.64. The van der Waals surface area contributed by atoms with Crippen LogP contribution >= 0.6 is 0 Å². The number of rotatable bonds is 9.